The molecule has 1 saturated heterocycles. The number of ether oxygens (including phenoxy) is 1. The number of rotatable bonds is 2. The van der Waals surface area contributed by atoms with Crippen molar-refractivity contribution in [1.29, 1.82) is 0 Å². The number of benzene rings is 1. The number of carbonyl (C=O) groups excluding carboxylic acids is 1. The van der Waals surface area contributed by atoms with Crippen LogP contribution in [-0.2, 0) is 4.79 Å². The van der Waals surface area contributed by atoms with Gasteiger partial charge in [-0.25, -0.2) is 9.59 Å². The van der Waals surface area contributed by atoms with Crippen LogP contribution in [-0.4, -0.2) is 47.1 Å². The highest BCUT2D eigenvalue weighted by molar-refractivity contribution is 6.03. The Labute approximate surface area is 119 Å². The minimum absolute atomic E-state index is 0.115. The van der Waals surface area contributed by atoms with Gasteiger partial charge in [-0.15, -0.1) is 0 Å². The molecule has 0 bridgehead atoms. The first kappa shape index (κ1) is 13.4. The summed E-state index contributed by atoms with van der Waals surface area (Å²) in [6, 6.07) is 2.45. The van der Waals surface area contributed by atoms with E-state index in [1.54, 1.807) is 0 Å². The molecule has 110 valence electrons. The number of aromatic carboxylic acids is 2. The zero-order valence-electron chi connectivity index (χ0n) is 11.0. The van der Waals surface area contributed by atoms with E-state index in [4.69, 9.17) is 9.84 Å². The summed E-state index contributed by atoms with van der Waals surface area (Å²) in [7, 11) is 0. The minimum Gasteiger partial charge on any atom is -0.489 e. The minimum atomic E-state index is -1.31. The van der Waals surface area contributed by atoms with Crippen molar-refractivity contribution in [3.05, 3.63) is 23.3 Å². The summed E-state index contributed by atoms with van der Waals surface area (Å²) in [5.74, 6) is -2.10. The Balaban J connectivity index is 2.09. The van der Waals surface area contributed by atoms with E-state index in [1.165, 1.54) is 12.1 Å². The second-order valence-corrected chi connectivity index (χ2v) is 5.13. The highest BCUT2D eigenvalue weighted by Crippen LogP contribution is 2.38. The van der Waals surface area contributed by atoms with E-state index in [1.807, 2.05) is 4.90 Å². The third kappa shape index (κ3) is 2.20. The van der Waals surface area contributed by atoms with Crippen LogP contribution in [0.3, 0.4) is 0 Å². The van der Waals surface area contributed by atoms with Crippen LogP contribution in [0.2, 0.25) is 0 Å². The molecular weight excluding hydrogens is 278 g/mol. The van der Waals surface area contributed by atoms with E-state index in [0.29, 0.717) is 37.4 Å². The molecule has 0 spiro atoms. The fourth-order valence-electron chi connectivity index (χ4n) is 2.82. The smallest absolute Gasteiger partial charge is 0.336 e. The van der Waals surface area contributed by atoms with E-state index in [0.717, 1.165) is 0 Å². The molecule has 0 aromatic heterocycles. The summed E-state index contributed by atoms with van der Waals surface area (Å²) in [4.78, 5) is 35.8. The maximum atomic E-state index is 11.5. The first-order valence-electron chi connectivity index (χ1n) is 6.53. The SMILES string of the molecule is O=C1CCN2c3cc(C(=O)O)c(C(=O)O)cc3OC[C@@H]2C1. The van der Waals surface area contributed by atoms with Crippen LogP contribution < -0.4 is 9.64 Å². The Morgan fingerprint density at radius 3 is 2.52 bits per heavy atom. The molecule has 1 fully saturated rings. The van der Waals surface area contributed by atoms with Gasteiger partial charge >= 0.3 is 11.9 Å². The number of piperidine rings is 1. The van der Waals surface area contributed by atoms with Gasteiger partial charge in [-0.05, 0) is 12.1 Å². The molecule has 2 heterocycles. The number of carboxylic acid groups (broad SMARTS) is 2. The number of carboxylic acids is 2. The van der Waals surface area contributed by atoms with E-state index < -0.39 is 11.9 Å². The van der Waals surface area contributed by atoms with E-state index in [9.17, 15) is 19.5 Å². The predicted octanol–water partition coefficient (Wildman–Crippen LogP) is 1.01. The number of anilines is 1. The third-order valence-electron chi connectivity index (χ3n) is 3.84. The van der Waals surface area contributed by atoms with Crippen LogP contribution in [0.25, 0.3) is 0 Å². The zero-order valence-corrected chi connectivity index (χ0v) is 11.0. The standard InChI is InChI=1S/C14H13NO6/c16-8-1-2-15-7(3-8)6-21-12-5-10(14(19)20)9(13(17)18)4-11(12)15/h4-5,7H,1-3,6H2,(H,17,18)(H,19,20)/t7-/m0/s1. The monoisotopic (exact) mass is 291 g/mol. The molecule has 2 N–H and O–H groups in total. The van der Waals surface area contributed by atoms with Crippen molar-refractivity contribution < 1.29 is 29.3 Å². The third-order valence-corrected chi connectivity index (χ3v) is 3.84. The maximum Gasteiger partial charge on any atom is 0.336 e. The Bertz CT molecular complexity index is 653. The molecule has 0 aliphatic carbocycles. The molecule has 2 aliphatic rings. The number of fused-ring (bicyclic) bond motifs is 3. The van der Waals surface area contributed by atoms with Gasteiger partial charge in [0.15, 0.2) is 0 Å². The van der Waals surface area contributed by atoms with Crippen molar-refractivity contribution in [3.63, 3.8) is 0 Å². The number of hydrogen-bond donors (Lipinski definition) is 2. The van der Waals surface area contributed by atoms with Gasteiger partial charge in [-0.2, -0.15) is 0 Å². The molecule has 0 radical (unpaired) electrons. The van der Waals surface area contributed by atoms with Gasteiger partial charge in [0.25, 0.3) is 0 Å². The number of hydrogen-bond acceptors (Lipinski definition) is 5. The van der Waals surface area contributed by atoms with Crippen molar-refractivity contribution in [2.45, 2.75) is 18.9 Å². The lowest BCUT2D eigenvalue weighted by molar-refractivity contribution is -0.120. The van der Waals surface area contributed by atoms with Crippen LogP contribution in [0.1, 0.15) is 33.6 Å². The fourth-order valence-corrected chi connectivity index (χ4v) is 2.82. The molecule has 1 aromatic carbocycles. The molecule has 0 amide bonds. The quantitative estimate of drug-likeness (QED) is 0.838. The summed E-state index contributed by atoms with van der Waals surface area (Å²) in [6.45, 7) is 0.787. The summed E-state index contributed by atoms with van der Waals surface area (Å²) >= 11 is 0. The fraction of sp³-hybridized carbons (Fsp3) is 0.357. The highest BCUT2D eigenvalue weighted by atomic mass is 16.5. The largest absolute Gasteiger partial charge is 0.489 e. The molecule has 3 rings (SSSR count). The van der Waals surface area contributed by atoms with Crippen LogP contribution in [0.4, 0.5) is 5.69 Å². The van der Waals surface area contributed by atoms with E-state index in [2.05, 4.69) is 0 Å². The lowest BCUT2D eigenvalue weighted by Gasteiger charge is -2.41. The molecule has 7 nitrogen and oxygen atoms in total. The Morgan fingerprint density at radius 1 is 1.19 bits per heavy atom. The maximum absolute atomic E-state index is 11.5. The first-order valence-corrected chi connectivity index (χ1v) is 6.53. The molecule has 7 heteroatoms. The molecule has 1 aromatic rings. The lowest BCUT2D eigenvalue weighted by Crippen LogP contribution is -2.48. The Hall–Kier alpha value is -2.57. The first-order chi connectivity index (χ1) is 9.97. The van der Waals surface area contributed by atoms with Crippen molar-refractivity contribution in [3.8, 4) is 5.75 Å². The average molecular weight is 291 g/mol. The van der Waals surface area contributed by atoms with Gasteiger partial charge in [0, 0.05) is 19.4 Å². The molecule has 2 aliphatic heterocycles. The predicted molar refractivity (Wildman–Crippen MR) is 71.2 cm³/mol. The van der Waals surface area contributed by atoms with Gasteiger partial charge in [0.1, 0.15) is 18.1 Å². The summed E-state index contributed by atoms with van der Waals surface area (Å²) < 4.78 is 5.52. The molecule has 1 atom stereocenters. The Kier molecular flexibility index (Phi) is 3.04. The van der Waals surface area contributed by atoms with E-state index >= 15 is 0 Å². The van der Waals surface area contributed by atoms with Gasteiger partial charge in [0.2, 0.25) is 0 Å². The lowest BCUT2D eigenvalue weighted by atomic mass is 9.97. The van der Waals surface area contributed by atoms with Gasteiger partial charge in [-0.1, -0.05) is 0 Å². The number of Topliss-reactive ketones (excluding diaryl/α,β-unsaturated/α-hetero) is 1. The number of carbonyl (C=O) groups is 3. The van der Waals surface area contributed by atoms with Crippen LogP contribution in [0.5, 0.6) is 5.75 Å². The number of ketones is 1. The Morgan fingerprint density at radius 2 is 1.86 bits per heavy atom. The van der Waals surface area contributed by atoms with Crippen molar-refractivity contribution >= 4 is 23.4 Å². The van der Waals surface area contributed by atoms with Crippen LogP contribution >= 0.6 is 0 Å². The number of nitrogens with zero attached hydrogens (tertiary/aromatic N) is 1. The van der Waals surface area contributed by atoms with Crippen molar-refractivity contribution in [2.24, 2.45) is 0 Å². The summed E-state index contributed by atoms with van der Waals surface area (Å²) in [5, 5.41) is 18.3. The second-order valence-electron chi connectivity index (χ2n) is 5.13. The van der Waals surface area contributed by atoms with Gasteiger partial charge in [0.05, 0.1) is 22.9 Å². The van der Waals surface area contributed by atoms with Gasteiger partial charge < -0.3 is 19.8 Å². The molecule has 21 heavy (non-hydrogen) atoms. The topological polar surface area (TPSA) is 104 Å². The summed E-state index contributed by atoms with van der Waals surface area (Å²) in [6.07, 6.45) is 0.765. The van der Waals surface area contributed by atoms with Gasteiger partial charge in [-0.3, -0.25) is 4.79 Å². The van der Waals surface area contributed by atoms with Crippen LogP contribution in [0.15, 0.2) is 12.1 Å². The van der Waals surface area contributed by atoms with E-state index in [-0.39, 0.29) is 23.0 Å². The van der Waals surface area contributed by atoms with Crippen molar-refractivity contribution in [2.75, 3.05) is 18.1 Å². The highest BCUT2D eigenvalue weighted by Gasteiger charge is 2.34. The molecule has 0 saturated carbocycles. The zero-order chi connectivity index (χ0) is 15.1. The second kappa shape index (κ2) is 4.76. The van der Waals surface area contributed by atoms with Crippen LogP contribution in [0, 0.1) is 0 Å². The average Bonchev–Trinajstić information content (AvgIpc) is 2.45. The normalized spacial score (nSPS) is 20.3. The molecule has 0 unspecified atom stereocenters. The van der Waals surface area contributed by atoms with Crippen molar-refractivity contribution in [1.82, 2.24) is 0 Å². The molecular formula is C14H13NO6. The summed E-state index contributed by atoms with van der Waals surface area (Å²) in [5.41, 5.74) is -0.0312.